The highest BCUT2D eigenvalue weighted by Gasteiger charge is 2.26. The van der Waals surface area contributed by atoms with Gasteiger partial charge in [0.05, 0.1) is 5.37 Å². The number of halogens is 1. The molecule has 1 aliphatic heterocycles. The maximum atomic E-state index is 13.3. The van der Waals surface area contributed by atoms with Crippen LogP contribution in [-0.4, -0.2) is 28.5 Å². The fourth-order valence-electron chi connectivity index (χ4n) is 1.75. The molecule has 16 heavy (non-hydrogen) atoms. The Labute approximate surface area is 98.8 Å². The summed E-state index contributed by atoms with van der Waals surface area (Å²) in [5.74, 6) is 0.572. The minimum atomic E-state index is -0.314. The third kappa shape index (κ3) is 2.07. The van der Waals surface area contributed by atoms with Gasteiger partial charge >= 0.3 is 0 Å². The van der Waals surface area contributed by atoms with Gasteiger partial charge in [0.15, 0.2) is 0 Å². The number of hydrogen-bond acceptors (Lipinski definition) is 2. The van der Waals surface area contributed by atoms with Crippen LogP contribution in [0.4, 0.5) is 4.39 Å². The van der Waals surface area contributed by atoms with Crippen LogP contribution < -0.4 is 0 Å². The van der Waals surface area contributed by atoms with Crippen LogP contribution in [0.25, 0.3) is 0 Å². The van der Waals surface area contributed by atoms with Crippen molar-refractivity contribution in [3.63, 3.8) is 0 Å². The van der Waals surface area contributed by atoms with Gasteiger partial charge in [0.25, 0.3) is 5.91 Å². The van der Waals surface area contributed by atoms with Crippen molar-refractivity contribution in [3.05, 3.63) is 35.1 Å². The van der Waals surface area contributed by atoms with E-state index in [0.29, 0.717) is 11.1 Å². The van der Waals surface area contributed by atoms with Gasteiger partial charge in [0.1, 0.15) is 5.82 Å². The topological polar surface area (TPSA) is 20.3 Å². The Hall–Kier alpha value is -1.03. The summed E-state index contributed by atoms with van der Waals surface area (Å²) in [5.41, 5.74) is 1.01. The molecule has 1 fully saturated rings. The quantitative estimate of drug-likeness (QED) is 0.751. The summed E-state index contributed by atoms with van der Waals surface area (Å²) in [7, 11) is 0. The van der Waals surface area contributed by atoms with Gasteiger partial charge in [-0.05, 0) is 31.5 Å². The molecule has 4 heteroatoms. The molecule has 1 saturated heterocycles. The summed E-state index contributed by atoms with van der Waals surface area (Å²) in [6.07, 6.45) is 0. The molecule has 1 atom stereocenters. The van der Waals surface area contributed by atoms with E-state index >= 15 is 0 Å². The molecule has 1 aromatic carbocycles. The lowest BCUT2D eigenvalue weighted by atomic mass is 10.1. The Morgan fingerprint density at radius 1 is 1.56 bits per heavy atom. The molecule has 0 spiro atoms. The van der Waals surface area contributed by atoms with Crippen molar-refractivity contribution in [2.24, 2.45) is 0 Å². The molecule has 0 saturated carbocycles. The molecule has 2 rings (SSSR count). The lowest BCUT2D eigenvalue weighted by Gasteiger charge is -2.20. The summed E-state index contributed by atoms with van der Waals surface area (Å²) < 4.78 is 13.3. The number of hydrogen-bond donors (Lipinski definition) is 0. The highest BCUT2D eigenvalue weighted by atomic mass is 32.2. The molecule has 1 unspecified atom stereocenters. The van der Waals surface area contributed by atoms with Crippen molar-refractivity contribution in [2.45, 2.75) is 19.2 Å². The van der Waals surface area contributed by atoms with Crippen LogP contribution in [0.5, 0.6) is 0 Å². The van der Waals surface area contributed by atoms with Gasteiger partial charge in [-0.25, -0.2) is 4.39 Å². The monoisotopic (exact) mass is 239 g/mol. The van der Waals surface area contributed by atoms with E-state index in [0.717, 1.165) is 12.3 Å². The molecule has 0 aliphatic carbocycles. The largest absolute Gasteiger partial charge is 0.326 e. The lowest BCUT2D eigenvalue weighted by Crippen LogP contribution is -2.33. The Kier molecular flexibility index (Phi) is 3.19. The van der Waals surface area contributed by atoms with E-state index in [4.69, 9.17) is 0 Å². The number of aryl methyl sites for hydroxylation is 1. The first kappa shape index (κ1) is 11.5. The molecule has 1 heterocycles. The van der Waals surface area contributed by atoms with E-state index in [1.54, 1.807) is 35.7 Å². The average Bonchev–Trinajstić information content (AvgIpc) is 2.67. The molecular formula is C12H14FNOS. The van der Waals surface area contributed by atoms with E-state index < -0.39 is 0 Å². The molecule has 0 N–H and O–H groups in total. The van der Waals surface area contributed by atoms with Crippen molar-refractivity contribution in [1.29, 1.82) is 0 Å². The molecule has 0 bridgehead atoms. The van der Waals surface area contributed by atoms with Crippen molar-refractivity contribution < 1.29 is 9.18 Å². The Balaban J connectivity index is 2.23. The van der Waals surface area contributed by atoms with E-state index in [1.165, 1.54) is 6.07 Å². The summed E-state index contributed by atoms with van der Waals surface area (Å²) >= 11 is 1.75. The number of carbonyl (C=O) groups is 1. The molecule has 1 amide bonds. The molecule has 1 aromatic rings. The smallest absolute Gasteiger partial charge is 0.254 e. The van der Waals surface area contributed by atoms with Gasteiger partial charge in [-0.3, -0.25) is 4.79 Å². The number of thioether (sulfide) groups is 1. The summed E-state index contributed by atoms with van der Waals surface area (Å²) in [5, 5.41) is 0.192. The molecule has 1 aliphatic rings. The Morgan fingerprint density at radius 2 is 2.31 bits per heavy atom. The summed E-state index contributed by atoms with van der Waals surface area (Å²) in [6.45, 7) is 4.44. The second-order valence-electron chi connectivity index (χ2n) is 3.93. The van der Waals surface area contributed by atoms with Gasteiger partial charge < -0.3 is 4.90 Å². The summed E-state index contributed by atoms with van der Waals surface area (Å²) in [4.78, 5) is 13.9. The Bertz CT molecular complexity index is 421. The molecule has 2 nitrogen and oxygen atoms in total. The van der Waals surface area contributed by atoms with Gasteiger partial charge in [0.2, 0.25) is 0 Å². The second-order valence-corrected chi connectivity index (χ2v) is 5.36. The zero-order valence-corrected chi connectivity index (χ0v) is 10.2. The van der Waals surface area contributed by atoms with Crippen molar-refractivity contribution in [3.8, 4) is 0 Å². The van der Waals surface area contributed by atoms with Crippen LogP contribution in [0.15, 0.2) is 18.2 Å². The predicted molar refractivity (Wildman–Crippen MR) is 64.1 cm³/mol. The Morgan fingerprint density at radius 3 is 2.88 bits per heavy atom. The fourth-order valence-corrected chi connectivity index (χ4v) is 2.78. The average molecular weight is 239 g/mol. The molecule has 0 radical (unpaired) electrons. The maximum absolute atomic E-state index is 13.3. The van der Waals surface area contributed by atoms with Gasteiger partial charge in [-0.2, -0.15) is 0 Å². The van der Waals surface area contributed by atoms with Crippen LogP contribution in [0, 0.1) is 12.7 Å². The van der Waals surface area contributed by atoms with E-state index in [-0.39, 0.29) is 17.1 Å². The van der Waals surface area contributed by atoms with Crippen LogP contribution in [0.3, 0.4) is 0 Å². The van der Waals surface area contributed by atoms with Crippen molar-refractivity contribution in [2.75, 3.05) is 12.3 Å². The minimum absolute atomic E-state index is 0.0728. The normalized spacial score (nSPS) is 20.2. The third-order valence-corrected chi connectivity index (χ3v) is 3.96. The number of carbonyl (C=O) groups excluding carboxylic acids is 1. The van der Waals surface area contributed by atoms with E-state index in [1.807, 2.05) is 6.92 Å². The van der Waals surface area contributed by atoms with Gasteiger partial charge in [-0.1, -0.05) is 6.07 Å². The maximum Gasteiger partial charge on any atom is 0.254 e. The fraction of sp³-hybridized carbons (Fsp3) is 0.417. The minimum Gasteiger partial charge on any atom is -0.326 e. The summed E-state index contributed by atoms with van der Waals surface area (Å²) in [6, 6.07) is 4.67. The second kappa shape index (κ2) is 4.45. The number of amides is 1. The van der Waals surface area contributed by atoms with E-state index in [2.05, 4.69) is 0 Å². The highest BCUT2D eigenvalue weighted by molar-refractivity contribution is 8.00. The van der Waals surface area contributed by atoms with Crippen LogP contribution in [0.1, 0.15) is 22.8 Å². The van der Waals surface area contributed by atoms with Crippen molar-refractivity contribution in [1.82, 2.24) is 4.90 Å². The predicted octanol–water partition coefficient (Wildman–Crippen LogP) is 2.67. The lowest BCUT2D eigenvalue weighted by molar-refractivity contribution is 0.0768. The number of rotatable bonds is 1. The first-order chi connectivity index (χ1) is 7.59. The zero-order chi connectivity index (χ0) is 11.7. The first-order valence-corrected chi connectivity index (χ1v) is 6.33. The SMILES string of the molecule is Cc1ccc(C(=O)N2CCSC2C)cc1F. The van der Waals surface area contributed by atoms with Crippen LogP contribution in [0.2, 0.25) is 0 Å². The first-order valence-electron chi connectivity index (χ1n) is 5.28. The van der Waals surface area contributed by atoms with Gasteiger partial charge in [0, 0.05) is 17.9 Å². The third-order valence-electron chi connectivity index (χ3n) is 2.81. The number of benzene rings is 1. The highest BCUT2D eigenvalue weighted by Crippen LogP contribution is 2.25. The van der Waals surface area contributed by atoms with Crippen LogP contribution in [-0.2, 0) is 0 Å². The zero-order valence-electron chi connectivity index (χ0n) is 9.37. The number of nitrogens with zero attached hydrogens (tertiary/aromatic N) is 1. The van der Waals surface area contributed by atoms with E-state index in [9.17, 15) is 9.18 Å². The van der Waals surface area contributed by atoms with Crippen LogP contribution >= 0.6 is 11.8 Å². The van der Waals surface area contributed by atoms with Gasteiger partial charge in [-0.15, -0.1) is 11.8 Å². The molecule has 86 valence electrons. The van der Waals surface area contributed by atoms with Crippen molar-refractivity contribution >= 4 is 17.7 Å². The standard InChI is InChI=1S/C12H14FNOS/c1-8-3-4-10(7-11(8)13)12(15)14-5-6-16-9(14)2/h3-4,7,9H,5-6H2,1-2H3. The molecular weight excluding hydrogens is 225 g/mol. The molecule has 0 aromatic heterocycles.